The zero-order chi connectivity index (χ0) is 21.0. The number of nitrogens with one attached hydrogen (secondary N) is 1. The molecule has 1 aromatic heterocycles. The molecule has 3 aromatic carbocycles. The van der Waals surface area contributed by atoms with Crippen molar-refractivity contribution in [1.82, 2.24) is 15.1 Å². The molecule has 1 aliphatic heterocycles. The van der Waals surface area contributed by atoms with Gasteiger partial charge in [-0.15, -0.1) is 0 Å². The summed E-state index contributed by atoms with van der Waals surface area (Å²) < 4.78 is 7.47. The van der Waals surface area contributed by atoms with E-state index in [-0.39, 0.29) is 5.91 Å². The molecule has 31 heavy (non-hydrogen) atoms. The molecule has 0 bridgehead atoms. The number of carbonyl (C=O) groups excluding carboxylic acids is 1. The molecule has 2 heterocycles. The minimum absolute atomic E-state index is 0.0930. The molecular formula is C26H23N3O2. The van der Waals surface area contributed by atoms with Crippen LogP contribution in [-0.4, -0.2) is 22.3 Å². The van der Waals surface area contributed by atoms with E-state index >= 15 is 0 Å². The minimum atomic E-state index is -0.0930. The maximum Gasteiger partial charge on any atom is 0.251 e. The van der Waals surface area contributed by atoms with E-state index < -0.39 is 0 Å². The summed E-state index contributed by atoms with van der Waals surface area (Å²) in [5, 5.41) is 7.88. The van der Waals surface area contributed by atoms with Crippen LogP contribution >= 0.6 is 0 Å². The molecule has 5 nitrogen and oxygen atoms in total. The Morgan fingerprint density at radius 2 is 1.77 bits per heavy atom. The van der Waals surface area contributed by atoms with Crippen LogP contribution in [0.25, 0.3) is 11.3 Å². The first-order valence-corrected chi connectivity index (χ1v) is 10.5. The lowest BCUT2D eigenvalue weighted by atomic mass is 10.1. The zero-order valence-corrected chi connectivity index (χ0v) is 17.1. The summed E-state index contributed by atoms with van der Waals surface area (Å²) in [7, 11) is 0. The lowest BCUT2D eigenvalue weighted by Gasteiger charge is -2.07. The van der Waals surface area contributed by atoms with Crippen LogP contribution in [0.5, 0.6) is 5.75 Å². The summed E-state index contributed by atoms with van der Waals surface area (Å²) in [5.41, 5.74) is 5.84. The zero-order valence-electron chi connectivity index (χ0n) is 17.1. The number of hydrogen-bond acceptors (Lipinski definition) is 3. The summed E-state index contributed by atoms with van der Waals surface area (Å²) in [6, 6.07) is 25.9. The topological polar surface area (TPSA) is 56.2 Å². The fourth-order valence-corrected chi connectivity index (χ4v) is 3.89. The Hall–Kier alpha value is -3.86. The average molecular weight is 409 g/mol. The van der Waals surface area contributed by atoms with Crippen LogP contribution in [0.2, 0.25) is 0 Å². The monoisotopic (exact) mass is 409 g/mol. The summed E-state index contributed by atoms with van der Waals surface area (Å²) in [6.45, 7) is 1.77. The van der Waals surface area contributed by atoms with Crippen molar-refractivity contribution in [2.24, 2.45) is 0 Å². The molecule has 0 fully saturated rings. The molecule has 154 valence electrons. The van der Waals surface area contributed by atoms with E-state index in [1.54, 1.807) is 0 Å². The smallest absolute Gasteiger partial charge is 0.251 e. The first-order chi connectivity index (χ1) is 15.3. The highest BCUT2D eigenvalue weighted by Gasteiger charge is 2.16. The molecule has 1 amide bonds. The Morgan fingerprint density at radius 1 is 1.00 bits per heavy atom. The summed E-state index contributed by atoms with van der Waals surface area (Å²) in [4.78, 5) is 12.8. The Morgan fingerprint density at radius 3 is 2.58 bits per heavy atom. The molecule has 0 atom stereocenters. The van der Waals surface area contributed by atoms with Crippen LogP contribution in [0.3, 0.4) is 0 Å². The van der Waals surface area contributed by atoms with Crippen molar-refractivity contribution in [3.8, 4) is 17.0 Å². The Kier molecular flexibility index (Phi) is 5.23. The van der Waals surface area contributed by atoms with Crippen molar-refractivity contribution in [3.05, 3.63) is 107 Å². The van der Waals surface area contributed by atoms with Crippen molar-refractivity contribution in [3.63, 3.8) is 0 Å². The number of aromatic nitrogens is 2. The van der Waals surface area contributed by atoms with E-state index in [9.17, 15) is 4.79 Å². The van der Waals surface area contributed by atoms with Crippen molar-refractivity contribution in [2.45, 2.75) is 19.5 Å². The molecule has 0 spiro atoms. The quantitative estimate of drug-likeness (QED) is 0.511. The molecule has 1 N–H and O–H groups in total. The van der Waals surface area contributed by atoms with Gasteiger partial charge >= 0.3 is 0 Å². The fraction of sp³-hybridized carbons (Fsp3) is 0.154. The van der Waals surface area contributed by atoms with E-state index in [1.807, 2.05) is 77.6 Å². The highest BCUT2D eigenvalue weighted by molar-refractivity contribution is 5.94. The first kappa shape index (κ1) is 19.1. The Balaban J connectivity index is 1.37. The molecule has 4 aromatic rings. The van der Waals surface area contributed by atoms with Crippen molar-refractivity contribution < 1.29 is 9.53 Å². The average Bonchev–Trinajstić information content (AvgIpc) is 3.45. The van der Waals surface area contributed by atoms with Gasteiger partial charge in [-0.1, -0.05) is 60.7 Å². The molecule has 0 saturated heterocycles. The largest absolute Gasteiger partial charge is 0.493 e. The number of carbonyl (C=O) groups is 1. The highest BCUT2D eigenvalue weighted by atomic mass is 16.5. The number of benzene rings is 3. The Bertz CT molecular complexity index is 1200. The Labute approximate surface area is 181 Å². The van der Waals surface area contributed by atoms with Gasteiger partial charge in [0.2, 0.25) is 0 Å². The van der Waals surface area contributed by atoms with Crippen LogP contribution in [0, 0.1) is 0 Å². The van der Waals surface area contributed by atoms with Crippen molar-refractivity contribution in [2.75, 3.05) is 6.61 Å². The predicted octanol–water partition coefficient (Wildman–Crippen LogP) is 4.46. The van der Waals surface area contributed by atoms with Crippen LogP contribution in [-0.2, 0) is 19.5 Å². The van der Waals surface area contributed by atoms with Gasteiger partial charge < -0.3 is 10.1 Å². The van der Waals surface area contributed by atoms with E-state index in [1.165, 1.54) is 5.56 Å². The summed E-state index contributed by atoms with van der Waals surface area (Å²) in [6.07, 6.45) is 2.87. The lowest BCUT2D eigenvalue weighted by molar-refractivity contribution is 0.0951. The number of rotatable bonds is 6. The highest BCUT2D eigenvalue weighted by Crippen LogP contribution is 2.26. The minimum Gasteiger partial charge on any atom is -0.493 e. The molecule has 0 saturated carbocycles. The van der Waals surface area contributed by atoms with Gasteiger partial charge in [-0.25, -0.2) is 0 Å². The van der Waals surface area contributed by atoms with Gasteiger partial charge in [-0.2, -0.15) is 5.10 Å². The SMILES string of the molecule is O=C(NCc1cn(Cc2ccccc2)nc1-c1ccccc1)c1ccc2c(c1)CCO2. The van der Waals surface area contributed by atoms with Gasteiger partial charge in [0.05, 0.1) is 18.8 Å². The lowest BCUT2D eigenvalue weighted by Crippen LogP contribution is -2.23. The number of nitrogens with zero attached hydrogens (tertiary/aromatic N) is 2. The van der Waals surface area contributed by atoms with Crippen LogP contribution in [0.1, 0.15) is 27.0 Å². The van der Waals surface area contributed by atoms with Gasteiger partial charge in [0.15, 0.2) is 0 Å². The van der Waals surface area contributed by atoms with Crippen LogP contribution in [0.15, 0.2) is 85.1 Å². The van der Waals surface area contributed by atoms with E-state index in [0.29, 0.717) is 25.3 Å². The third kappa shape index (κ3) is 4.21. The van der Waals surface area contributed by atoms with E-state index in [2.05, 4.69) is 17.4 Å². The summed E-state index contributed by atoms with van der Waals surface area (Å²) >= 11 is 0. The number of amides is 1. The molecule has 5 heteroatoms. The van der Waals surface area contributed by atoms with Gasteiger partial charge in [-0.05, 0) is 29.3 Å². The number of ether oxygens (including phenoxy) is 1. The molecule has 0 aliphatic carbocycles. The second kappa shape index (κ2) is 8.48. The normalized spacial score (nSPS) is 12.3. The standard InChI is InChI=1S/C26H23N3O2/c30-26(22-11-12-24-21(15-22)13-14-31-24)27-16-23-18-29(17-19-7-3-1-4-8-19)28-25(23)20-9-5-2-6-10-20/h1-12,15,18H,13-14,16-17H2,(H,27,30). The molecule has 0 unspecified atom stereocenters. The van der Waals surface area contributed by atoms with Crippen molar-refractivity contribution >= 4 is 5.91 Å². The second-order valence-corrected chi connectivity index (χ2v) is 7.66. The third-order valence-electron chi connectivity index (χ3n) is 5.46. The van der Waals surface area contributed by atoms with Crippen molar-refractivity contribution in [1.29, 1.82) is 0 Å². The fourth-order valence-electron chi connectivity index (χ4n) is 3.89. The summed E-state index contributed by atoms with van der Waals surface area (Å²) in [5.74, 6) is 0.787. The van der Waals surface area contributed by atoms with Gasteiger partial charge in [-0.3, -0.25) is 9.48 Å². The van der Waals surface area contributed by atoms with E-state index in [0.717, 1.165) is 34.6 Å². The molecule has 0 radical (unpaired) electrons. The predicted molar refractivity (Wildman–Crippen MR) is 120 cm³/mol. The van der Waals surface area contributed by atoms with Gasteiger partial charge in [0.1, 0.15) is 5.75 Å². The molecule has 1 aliphatic rings. The maximum atomic E-state index is 12.8. The van der Waals surface area contributed by atoms with Gasteiger partial charge in [0, 0.05) is 35.9 Å². The van der Waals surface area contributed by atoms with Crippen LogP contribution in [0.4, 0.5) is 0 Å². The molecule has 5 rings (SSSR count). The molecular weight excluding hydrogens is 386 g/mol. The number of hydrogen-bond donors (Lipinski definition) is 1. The second-order valence-electron chi connectivity index (χ2n) is 7.66. The van der Waals surface area contributed by atoms with E-state index in [4.69, 9.17) is 9.84 Å². The first-order valence-electron chi connectivity index (χ1n) is 10.5. The van der Waals surface area contributed by atoms with Gasteiger partial charge in [0.25, 0.3) is 5.91 Å². The third-order valence-corrected chi connectivity index (χ3v) is 5.46. The van der Waals surface area contributed by atoms with Crippen LogP contribution < -0.4 is 10.1 Å². The maximum absolute atomic E-state index is 12.8. The number of fused-ring (bicyclic) bond motifs is 1.